The molecular weight excluding hydrogens is 368 g/mol. The first-order valence-electron chi connectivity index (χ1n) is 8.87. The van der Waals surface area contributed by atoms with Crippen LogP contribution in [0.5, 0.6) is 34.5 Å². The van der Waals surface area contributed by atoms with Crippen LogP contribution in [0.2, 0.25) is 0 Å². The van der Waals surface area contributed by atoms with E-state index in [1.807, 2.05) is 0 Å². The maximum absolute atomic E-state index is 10.1. The van der Waals surface area contributed by atoms with E-state index in [2.05, 4.69) is 0 Å². The summed E-state index contributed by atoms with van der Waals surface area (Å²) in [5.41, 5.74) is 1.26. The van der Waals surface area contributed by atoms with Crippen LogP contribution in [0.15, 0.2) is 24.3 Å². The van der Waals surface area contributed by atoms with Crippen molar-refractivity contribution in [1.29, 1.82) is 0 Å². The van der Waals surface area contributed by atoms with Crippen molar-refractivity contribution < 1.29 is 39.4 Å². The van der Waals surface area contributed by atoms with E-state index in [1.54, 1.807) is 0 Å². The number of aromatic hydroxyl groups is 4. The molecule has 0 amide bonds. The quantitative estimate of drug-likeness (QED) is 0.629. The third-order valence-electron chi connectivity index (χ3n) is 5.47. The van der Waals surface area contributed by atoms with Gasteiger partial charge in [-0.25, -0.2) is 0 Å². The second-order valence-corrected chi connectivity index (χ2v) is 7.02. The lowest BCUT2D eigenvalue weighted by molar-refractivity contribution is 0.0190. The number of ether oxygens (including phenoxy) is 4. The fourth-order valence-corrected chi connectivity index (χ4v) is 4.22. The van der Waals surface area contributed by atoms with E-state index in [0.29, 0.717) is 24.3 Å². The number of phenolic OH excluding ortho intramolecular Hbond substituents is 4. The highest BCUT2D eigenvalue weighted by molar-refractivity contribution is 5.54. The predicted octanol–water partition coefficient (Wildman–Crippen LogP) is 2.60. The molecule has 0 bridgehead atoms. The fourth-order valence-electron chi connectivity index (χ4n) is 4.22. The van der Waals surface area contributed by atoms with Crippen LogP contribution in [0.4, 0.5) is 0 Å². The maximum Gasteiger partial charge on any atom is 0.202 e. The predicted molar refractivity (Wildman–Crippen MR) is 97.0 cm³/mol. The van der Waals surface area contributed by atoms with Crippen molar-refractivity contribution in [2.75, 3.05) is 27.4 Å². The zero-order valence-corrected chi connectivity index (χ0v) is 15.5. The first-order valence-corrected chi connectivity index (χ1v) is 8.87. The number of hydrogen-bond donors (Lipinski definition) is 4. The summed E-state index contributed by atoms with van der Waals surface area (Å²) in [5.74, 6) is -0.636. The molecule has 4 N–H and O–H groups in total. The molecular formula is C20H22O8. The molecule has 0 aromatic heterocycles. The summed E-state index contributed by atoms with van der Waals surface area (Å²) in [4.78, 5) is 0. The average molecular weight is 390 g/mol. The third-order valence-corrected chi connectivity index (χ3v) is 5.47. The van der Waals surface area contributed by atoms with Gasteiger partial charge in [0.2, 0.25) is 11.5 Å². The Kier molecular flexibility index (Phi) is 4.60. The van der Waals surface area contributed by atoms with Crippen LogP contribution in [0.3, 0.4) is 0 Å². The van der Waals surface area contributed by atoms with E-state index in [-0.39, 0.29) is 58.5 Å². The Morgan fingerprint density at radius 3 is 1.29 bits per heavy atom. The van der Waals surface area contributed by atoms with Crippen LogP contribution in [0.1, 0.15) is 23.3 Å². The van der Waals surface area contributed by atoms with Crippen molar-refractivity contribution in [3.05, 3.63) is 35.4 Å². The van der Waals surface area contributed by atoms with E-state index < -0.39 is 0 Å². The van der Waals surface area contributed by atoms with Gasteiger partial charge >= 0.3 is 0 Å². The molecule has 28 heavy (non-hydrogen) atoms. The van der Waals surface area contributed by atoms with Crippen LogP contribution in [0, 0.1) is 11.8 Å². The molecule has 0 radical (unpaired) electrons. The van der Waals surface area contributed by atoms with Gasteiger partial charge in [-0.1, -0.05) is 0 Å². The molecule has 8 nitrogen and oxygen atoms in total. The highest BCUT2D eigenvalue weighted by atomic mass is 16.5. The Morgan fingerprint density at radius 1 is 0.679 bits per heavy atom. The lowest BCUT2D eigenvalue weighted by Crippen LogP contribution is -2.14. The number of phenols is 4. The number of rotatable bonds is 4. The second-order valence-electron chi connectivity index (χ2n) is 7.02. The molecule has 4 atom stereocenters. The molecule has 4 unspecified atom stereocenters. The number of fused-ring (bicyclic) bond motifs is 1. The summed E-state index contributed by atoms with van der Waals surface area (Å²) < 4.78 is 21.9. The summed E-state index contributed by atoms with van der Waals surface area (Å²) in [6.45, 7) is 0.808. The topological polar surface area (TPSA) is 118 Å². The highest BCUT2D eigenvalue weighted by Crippen LogP contribution is 2.53. The van der Waals surface area contributed by atoms with Crippen molar-refractivity contribution >= 4 is 0 Å². The Balaban J connectivity index is 1.60. The zero-order chi connectivity index (χ0) is 20.0. The van der Waals surface area contributed by atoms with Gasteiger partial charge in [0, 0.05) is 11.8 Å². The minimum Gasteiger partial charge on any atom is -0.504 e. The maximum atomic E-state index is 10.1. The Morgan fingerprint density at radius 2 is 1.00 bits per heavy atom. The van der Waals surface area contributed by atoms with Gasteiger partial charge in [0.15, 0.2) is 23.0 Å². The average Bonchev–Trinajstić information content (AvgIpc) is 3.23. The molecule has 0 saturated carbocycles. The first kappa shape index (κ1) is 18.5. The van der Waals surface area contributed by atoms with E-state index in [0.717, 1.165) is 0 Å². The van der Waals surface area contributed by atoms with Crippen molar-refractivity contribution in [3.63, 3.8) is 0 Å². The zero-order valence-electron chi connectivity index (χ0n) is 15.5. The van der Waals surface area contributed by atoms with Gasteiger partial charge in [0.25, 0.3) is 0 Å². The van der Waals surface area contributed by atoms with Crippen LogP contribution in [-0.4, -0.2) is 47.9 Å². The fraction of sp³-hybridized carbons (Fsp3) is 0.400. The standard InChI is InChI=1S/C20H22O8/c1-25-19-13(21)3-9(4-14(19)22)17-11-7-28-18(12(11)8-27-17)10-5-15(23)20(26-2)16(24)6-10/h3-6,11-12,17-18,21-24H,7-8H2,1-2H3. The van der Waals surface area contributed by atoms with Gasteiger partial charge in [-0.3, -0.25) is 0 Å². The van der Waals surface area contributed by atoms with Crippen LogP contribution in [0.25, 0.3) is 0 Å². The Labute approximate surface area is 161 Å². The normalized spacial score (nSPS) is 26.2. The lowest BCUT2D eigenvalue weighted by atomic mass is 9.84. The summed E-state index contributed by atoms with van der Waals surface area (Å²) in [6, 6.07) is 6.07. The molecule has 2 aromatic carbocycles. The largest absolute Gasteiger partial charge is 0.504 e. The van der Waals surface area contributed by atoms with Gasteiger partial charge in [0.05, 0.1) is 39.6 Å². The molecule has 0 aliphatic carbocycles. The van der Waals surface area contributed by atoms with E-state index in [4.69, 9.17) is 18.9 Å². The van der Waals surface area contributed by atoms with Crippen molar-refractivity contribution in [1.82, 2.24) is 0 Å². The third kappa shape index (κ3) is 2.85. The van der Waals surface area contributed by atoms with Crippen LogP contribution in [-0.2, 0) is 9.47 Å². The van der Waals surface area contributed by atoms with Crippen molar-refractivity contribution in [2.45, 2.75) is 12.2 Å². The van der Waals surface area contributed by atoms with Crippen LogP contribution >= 0.6 is 0 Å². The van der Waals surface area contributed by atoms with E-state index >= 15 is 0 Å². The summed E-state index contributed by atoms with van der Waals surface area (Å²) in [7, 11) is 2.73. The summed E-state index contributed by atoms with van der Waals surface area (Å²) >= 11 is 0. The first-order chi connectivity index (χ1) is 13.4. The van der Waals surface area contributed by atoms with E-state index in [9.17, 15) is 20.4 Å². The summed E-state index contributed by atoms with van der Waals surface area (Å²) in [5, 5.41) is 40.3. The number of hydrogen-bond acceptors (Lipinski definition) is 8. The van der Waals surface area contributed by atoms with Crippen molar-refractivity contribution in [2.24, 2.45) is 11.8 Å². The molecule has 2 aromatic rings. The second kappa shape index (κ2) is 6.96. The highest BCUT2D eigenvalue weighted by Gasteiger charge is 2.48. The number of methoxy groups -OCH3 is 2. The van der Waals surface area contributed by atoms with Gasteiger partial charge in [-0.05, 0) is 35.4 Å². The molecule has 0 spiro atoms. The molecule has 2 heterocycles. The molecule has 2 aliphatic heterocycles. The van der Waals surface area contributed by atoms with Gasteiger partial charge in [0.1, 0.15) is 0 Å². The Bertz CT molecular complexity index is 776. The number of benzene rings is 2. The lowest BCUT2D eigenvalue weighted by Gasteiger charge is -2.18. The van der Waals surface area contributed by atoms with Gasteiger partial charge < -0.3 is 39.4 Å². The monoisotopic (exact) mass is 390 g/mol. The minimum absolute atomic E-state index is 0.0106. The van der Waals surface area contributed by atoms with Crippen molar-refractivity contribution in [3.8, 4) is 34.5 Å². The molecule has 2 aliphatic rings. The SMILES string of the molecule is COc1c(O)cc(C2OCC3C(c4cc(O)c(OC)c(O)c4)OCC23)cc1O. The molecule has 8 heteroatoms. The molecule has 4 rings (SSSR count). The van der Waals surface area contributed by atoms with Crippen LogP contribution < -0.4 is 9.47 Å². The van der Waals surface area contributed by atoms with Gasteiger partial charge in [-0.2, -0.15) is 0 Å². The Hall–Kier alpha value is -2.84. The summed E-state index contributed by atoms with van der Waals surface area (Å²) in [6.07, 6.45) is -0.726. The smallest absolute Gasteiger partial charge is 0.202 e. The molecule has 150 valence electrons. The van der Waals surface area contributed by atoms with E-state index in [1.165, 1.54) is 38.5 Å². The molecule has 2 fully saturated rings. The van der Waals surface area contributed by atoms with Gasteiger partial charge in [-0.15, -0.1) is 0 Å². The molecule has 2 saturated heterocycles. The minimum atomic E-state index is -0.363.